The molecule has 0 amide bonds. The molecule has 54 valence electrons. The van der Waals surface area contributed by atoms with Crippen molar-refractivity contribution < 1.29 is 6.16 Å². The molecule has 0 aromatic heterocycles. The fraction of sp³-hybridized carbons (Fsp3) is 1.00. The van der Waals surface area contributed by atoms with Crippen LogP contribution in [-0.4, -0.2) is 20.7 Å². The highest BCUT2D eigenvalue weighted by Gasteiger charge is 2.26. The van der Waals surface area contributed by atoms with Crippen LogP contribution in [-0.2, 0) is 4.74 Å². The van der Waals surface area contributed by atoms with Crippen molar-refractivity contribution in [3.63, 3.8) is 0 Å². The maximum atomic E-state index is 5.54. The van der Waals surface area contributed by atoms with Gasteiger partial charge in [-0.2, -0.15) is 0 Å². The summed E-state index contributed by atoms with van der Waals surface area (Å²) in [6.07, 6.45) is 3.72. The Kier molecular flexibility index (Phi) is 2.61. The van der Waals surface area contributed by atoms with E-state index in [9.17, 15) is 0 Å². The van der Waals surface area contributed by atoms with Crippen LogP contribution in [0.5, 0.6) is 0 Å². The minimum absolute atomic E-state index is 0. The standard InChI is InChI=1S/C6H14OSSi/c1-9-6(8)4-2-3-5-7-6/h8H,2-5,9H2,1H3/p+1. The van der Waals surface area contributed by atoms with E-state index in [0.29, 0.717) is 0 Å². The van der Waals surface area contributed by atoms with Gasteiger partial charge in [0.1, 0.15) is 0 Å². The van der Waals surface area contributed by atoms with Gasteiger partial charge in [0.15, 0.2) is 0 Å². The smallest absolute Gasteiger partial charge is 0.369 e. The monoisotopic (exact) mass is 163 g/mol. The number of hydrogen-bond donors (Lipinski definition) is 1. The predicted octanol–water partition coefficient (Wildman–Crippen LogP) is 1.10. The Balaban J connectivity index is 0.000000810. The average molecular weight is 163 g/mol. The average Bonchev–Trinajstić information content (AvgIpc) is 1.90. The summed E-state index contributed by atoms with van der Waals surface area (Å²) in [5.41, 5.74) is 0. The molecule has 1 nitrogen and oxygen atoms in total. The third-order valence-corrected chi connectivity index (χ3v) is 4.85. The van der Waals surface area contributed by atoms with Gasteiger partial charge in [0.05, 0.1) is 14.1 Å². The van der Waals surface area contributed by atoms with Crippen LogP contribution in [0.1, 0.15) is 20.7 Å². The molecule has 0 N–H and O–H groups in total. The summed E-state index contributed by atoms with van der Waals surface area (Å²) in [5.74, 6) is 0. The summed E-state index contributed by atoms with van der Waals surface area (Å²) in [7, 11) is -0.0863. The summed E-state index contributed by atoms with van der Waals surface area (Å²) in [6.45, 7) is 3.20. The topological polar surface area (TPSA) is 9.23 Å². The van der Waals surface area contributed by atoms with Gasteiger partial charge in [-0.25, -0.2) is 0 Å². The number of thiol groups is 1. The van der Waals surface area contributed by atoms with Crippen molar-refractivity contribution in [3.05, 3.63) is 0 Å². The van der Waals surface area contributed by atoms with Gasteiger partial charge in [0.2, 0.25) is 0 Å². The summed E-state index contributed by atoms with van der Waals surface area (Å²) >= 11 is 4.49. The summed E-state index contributed by atoms with van der Waals surface area (Å²) in [6, 6.07) is 0. The van der Waals surface area contributed by atoms with Crippen molar-refractivity contribution in [2.24, 2.45) is 0 Å². The van der Waals surface area contributed by atoms with Crippen molar-refractivity contribution >= 4 is 22.1 Å². The maximum absolute atomic E-state index is 5.54. The van der Waals surface area contributed by atoms with Gasteiger partial charge in [-0.3, -0.25) is 0 Å². The number of hydrogen-bond acceptors (Lipinski definition) is 2. The zero-order chi connectivity index (χ0) is 6.74. The van der Waals surface area contributed by atoms with Crippen LogP contribution in [0.4, 0.5) is 0 Å². The molecule has 0 saturated carbocycles. The summed E-state index contributed by atoms with van der Waals surface area (Å²) < 4.78 is 5.59. The third kappa shape index (κ3) is 1.99. The molecule has 9 heavy (non-hydrogen) atoms. The second kappa shape index (κ2) is 3.08. The van der Waals surface area contributed by atoms with Gasteiger partial charge in [-0.15, -0.1) is 12.6 Å². The highest BCUT2D eigenvalue weighted by molar-refractivity contribution is 7.83. The number of rotatable bonds is 1. The lowest BCUT2D eigenvalue weighted by molar-refractivity contribution is 0.0435. The molecular weight excluding hydrogens is 148 g/mol. The maximum Gasteiger partial charge on any atom is 1.00 e. The van der Waals surface area contributed by atoms with Crippen molar-refractivity contribution in [2.45, 2.75) is 30.4 Å². The van der Waals surface area contributed by atoms with Gasteiger partial charge in [-0.1, -0.05) is 6.55 Å². The summed E-state index contributed by atoms with van der Waals surface area (Å²) in [5, 5.41) is 0. The lowest BCUT2D eigenvalue weighted by Crippen LogP contribution is -2.35. The molecule has 0 radical (unpaired) electrons. The van der Waals surface area contributed by atoms with Gasteiger partial charge in [0, 0.05) is 6.61 Å². The molecule has 1 aliphatic heterocycles. The Labute approximate surface area is 65.9 Å². The van der Waals surface area contributed by atoms with Crippen LogP contribution in [0.25, 0.3) is 0 Å². The molecule has 0 aromatic carbocycles. The largest absolute Gasteiger partial charge is 1.00 e. The van der Waals surface area contributed by atoms with Crippen LogP contribution < -0.4 is 0 Å². The van der Waals surface area contributed by atoms with Crippen LogP contribution in [0.2, 0.25) is 6.55 Å². The van der Waals surface area contributed by atoms with E-state index < -0.39 is 0 Å². The first-order valence-corrected chi connectivity index (χ1v) is 6.20. The molecule has 0 bridgehead atoms. The van der Waals surface area contributed by atoms with Crippen LogP contribution >= 0.6 is 12.6 Å². The first kappa shape index (κ1) is 7.63. The van der Waals surface area contributed by atoms with E-state index in [1.54, 1.807) is 0 Å². The molecule has 1 heterocycles. The van der Waals surface area contributed by atoms with Crippen molar-refractivity contribution in [1.29, 1.82) is 0 Å². The molecule has 1 fully saturated rings. The van der Waals surface area contributed by atoms with E-state index in [1.165, 1.54) is 19.3 Å². The highest BCUT2D eigenvalue weighted by atomic mass is 32.1. The van der Waals surface area contributed by atoms with E-state index in [4.69, 9.17) is 4.74 Å². The van der Waals surface area contributed by atoms with Crippen molar-refractivity contribution in [2.75, 3.05) is 6.61 Å². The lowest BCUT2D eigenvalue weighted by Gasteiger charge is -2.31. The molecule has 0 spiro atoms. The van der Waals surface area contributed by atoms with E-state index >= 15 is 0 Å². The highest BCUT2D eigenvalue weighted by Crippen LogP contribution is 2.26. The first-order valence-electron chi connectivity index (χ1n) is 3.63. The third-order valence-electron chi connectivity index (χ3n) is 1.88. The lowest BCUT2D eigenvalue weighted by atomic mass is 10.2. The van der Waals surface area contributed by atoms with E-state index in [-0.39, 0.29) is 15.5 Å². The molecule has 0 aliphatic carbocycles. The molecule has 0 aromatic rings. The second-order valence-corrected chi connectivity index (χ2v) is 5.86. The Hall–Kier alpha value is 0.527. The minimum atomic E-state index is -0.0863. The Bertz CT molecular complexity index is 95.7. The van der Waals surface area contributed by atoms with Gasteiger partial charge < -0.3 is 4.74 Å². The van der Waals surface area contributed by atoms with Crippen LogP contribution in [0.3, 0.4) is 0 Å². The van der Waals surface area contributed by atoms with Gasteiger partial charge >= 0.3 is 1.43 Å². The predicted molar refractivity (Wildman–Crippen MR) is 47.0 cm³/mol. The van der Waals surface area contributed by atoms with Gasteiger partial charge in [0.25, 0.3) is 0 Å². The number of ether oxygens (including phenoxy) is 1. The normalized spacial score (nSPS) is 38.0. The minimum Gasteiger partial charge on any atom is -0.369 e. The fourth-order valence-corrected chi connectivity index (χ4v) is 2.32. The van der Waals surface area contributed by atoms with Crippen LogP contribution in [0, 0.1) is 0 Å². The Morgan fingerprint density at radius 2 is 2.44 bits per heavy atom. The van der Waals surface area contributed by atoms with Crippen molar-refractivity contribution in [1.82, 2.24) is 0 Å². The molecule has 1 atom stereocenters. The van der Waals surface area contributed by atoms with E-state index in [2.05, 4.69) is 19.2 Å². The molecule has 1 rings (SSSR count). The molecule has 3 heteroatoms. The van der Waals surface area contributed by atoms with E-state index in [1.807, 2.05) is 0 Å². The Morgan fingerprint density at radius 3 is 2.78 bits per heavy atom. The fourth-order valence-electron chi connectivity index (χ4n) is 1.12. The SMILES string of the molecule is C[SiH2]C1(S)CCCCO1.[H+]. The van der Waals surface area contributed by atoms with Crippen molar-refractivity contribution in [3.8, 4) is 0 Å². The van der Waals surface area contributed by atoms with Gasteiger partial charge in [-0.05, 0) is 19.3 Å². The molecule has 1 aliphatic rings. The van der Waals surface area contributed by atoms with E-state index in [0.717, 1.165) is 6.61 Å². The van der Waals surface area contributed by atoms with Crippen LogP contribution in [0.15, 0.2) is 0 Å². The zero-order valence-electron chi connectivity index (χ0n) is 6.89. The molecule has 1 saturated heterocycles. The Morgan fingerprint density at radius 1 is 1.67 bits per heavy atom. The zero-order valence-corrected chi connectivity index (χ0v) is 8.20. The molecular formula is C6H15OSSi+. The molecule has 1 unspecified atom stereocenters. The summed E-state index contributed by atoms with van der Waals surface area (Å²) in [4.78, 5) is 0. The quantitative estimate of drug-likeness (QED) is 0.450. The second-order valence-electron chi connectivity index (χ2n) is 2.61. The first-order chi connectivity index (χ1) is 4.27.